The van der Waals surface area contributed by atoms with Gasteiger partial charge in [0, 0.05) is 44.2 Å². The monoisotopic (exact) mass is 244 g/mol. The Hall–Kier alpha value is -1.77. The molecule has 3 nitrogen and oxygen atoms in total. The van der Waals surface area contributed by atoms with Gasteiger partial charge in [0.25, 0.3) is 0 Å². The van der Waals surface area contributed by atoms with Crippen LogP contribution in [0, 0.1) is 6.92 Å². The van der Waals surface area contributed by atoms with E-state index in [9.17, 15) is 4.79 Å². The Morgan fingerprint density at radius 3 is 2.78 bits per heavy atom. The minimum atomic E-state index is 0.197. The number of fused-ring (bicyclic) bond motifs is 1. The maximum absolute atomic E-state index is 11.5. The first kappa shape index (κ1) is 12.7. The van der Waals surface area contributed by atoms with E-state index in [4.69, 9.17) is 0 Å². The molecule has 3 heteroatoms. The predicted molar refractivity (Wildman–Crippen MR) is 74.6 cm³/mol. The van der Waals surface area contributed by atoms with Crippen molar-refractivity contribution >= 4 is 16.8 Å². The van der Waals surface area contributed by atoms with Crippen LogP contribution in [0.3, 0.4) is 0 Å². The van der Waals surface area contributed by atoms with Crippen molar-refractivity contribution in [2.45, 2.75) is 26.3 Å². The molecule has 96 valence electrons. The second-order valence-electron chi connectivity index (χ2n) is 4.91. The molecule has 1 aromatic heterocycles. The smallest absolute Gasteiger partial charge is 0.222 e. The highest BCUT2D eigenvalue weighted by molar-refractivity contribution is 5.83. The number of hydrogen-bond acceptors (Lipinski definition) is 1. The average molecular weight is 244 g/mol. The summed E-state index contributed by atoms with van der Waals surface area (Å²) >= 11 is 0. The second-order valence-corrected chi connectivity index (χ2v) is 4.91. The van der Waals surface area contributed by atoms with Gasteiger partial charge in [0.05, 0.1) is 0 Å². The molecule has 0 N–H and O–H groups in total. The van der Waals surface area contributed by atoms with Gasteiger partial charge in [-0.25, -0.2) is 0 Å². The number of rotatable bonds is 4. The molecule has 0 saturated heterocycles. The Balaban J connectivity index is 2.05. The van der Waals surface area contributed by atoms with Crippen LogP contribution in [0.15, 0.2) is 30.5 Å². The number of amides is 1. The van der Waals surface area contributed by atoms with Gasteiger partial charge in [0.15, 0.2) is 0 Å². The van der Waals surface area contributed by atoms with Crippen molar-refractivity contribution in [3.63, 3.8) is 0 Å². The fourth-order valence-electron chi connectivity index (χ4n) is 2.20. The van der Waals surface area contributed by atoms with Gasteiger partial charge in [-0.3, -0.25) is 4.79 Å². The maximum Gasteiger partial charge on any atom is 0.222 e. The quantitative estimate of drug-likeness (QED) is 0.812. The van der Waals surface area contributed by atoms with Crippen molar-refractivity contribution in [2.24, 2.45) is 0 Å². The Kier molecular flexibility index (Phi) is 3.70. The summed E-state index contributed by atoms with van der Waals surface area (Å²) in [6.07, 6.45) is 3.60. The highest BCUT2D eigenvalue weighted by Crippen LogP contribution is 2.19. The number of carbonyl (C=O) groups is 1. The Morgan fingerprint density at radius 2 is 2.06 bits per heavy atom. The first-order valence-corrected chi connectivity index (χ1v) is 6.34. The summed E-state index contributed by atoms with van der Waals surface area (Å²) in [4.78, 5) is 13.2. The molecule has 0 spiro atoms. The third-order valence-electron chi connectivity index (χ3n) is 3.32. The van der Waals surface area contributed by atoms with E-state index in [0.717, 1.165) is 13.0 Å². The van der Waals surface area contributed by atoms with Crippen LogP contribution in [0.5, 0.6) is 0 Å². The number of nitrogens with zero attached hydrogens (tertiary/aromatic N) is 2. The van der Waals surface area contributed by atoms with Crippen LogP contribution in [-0.4, -0.2) is 29.5 Å². The molecule has 2 rings (SSSR count). The van der Waals surface area contributed by atoms with Crippen molar-refractivity contribution in [1.29, 1.82) is 0 Å². The second kappa shape index (κ2) is 5.25. The lowest BCUT2D eigenvalue weighted by Crippen LogP contribution is -2.21. The molecule has 0 aliphatic rings. The highest BCUT2D eigenvalue weighted by atomic mass is 16.2. The Bertz CT molecular complexity index is 555. The van der Waals surface area contributed by atoms with E-state index >= 15 is 0 Å². The number of hydrogen-bond donors (Lipinski definition) is 0. The van der Waals surface area contributed by atoms with Crippen LogP contribution in [0.25, 0.3) is 10.9 Å². The molecule has 1 heterocycles. The lowest BCUT2D eigenvalue weighted by molar-refractivity contribution is -0.128. The summed E-state index contributed by atoms with van der Waals surface area (Å²) in [5.41, 5.74) is 2.56. The fourth-order valence-corrected chi connectivity index (χ4v) is 2.20. The number of benzene rings is 1. The van der Waals surface area contributed by atoms with E-state index < -0.39 is 0 Å². The van der Waals surface area contributed by atoms with Gasteiger partial charge in [0.1, 0.15) is 0 Å². The van der Waals surface area contributed by atoms with Crippen molar-refractivity contribution in [1.82, 2.24) is 9.47 Å². The maximum atomic E-state index is 11.5. The SMILES string of the molecule is Cc1cccc2c1ccn2CCCC(=O)N(C)C. The van der Waals surface area contributed by atoms with E-state index in [2.05, 4.69) is 42.0 Å². The largest absolute Gasteiger partial charge is 0.349 e. The van der Waals surface area contributed by atoms with Crippen LogP contribution in [0.2, 0.25) is 0 Å². The van der Waals surface area contributed by atoms with Crippen molar-refractivity contribution in [3.8, 4) is 0 Å². The molecule has 0 radical (unpaired) electrons. The summed E-state index contributed by atoms with van der Waals surface area (Å²) in [6, 6.07) is 8.50. The fraction of sp³-hybridized carbons (Fsp3) is 0.400. The molecule has 0 bridgehead atoms. The van der Waals surface area contributed by atoms with Gasteiger partial charge in [0.2, 0.25) is 5.91 Å². The standard InChI is InChI=1S/C15H20N2O/c1-12-6-4-7-14-13(12)9-11-17(14)10-5-8-15(18)16(2)3/h4,6-7,9,11H,5,8,10H2,1-3H3. The van der Waals surface area contributed by atoms with Gasteiger partial charge in [-0.05, 0) is 31.0 Å². The Morgan fingerprint density at radius 1 is 1.28 bits per heavy atom. The van der Waals surface area contributed by atoms with Crippen LogP contribution in [0.1, 0.15) is 18.4 Å². The van der Waals surface area contributed by atoms with Gasteiger partial charge >= 0.3 is 0 Å². The van der Waals surface area contributed by atoms with Gasteiger partial charge in [-0.15, -0.1) is 0 Å². The van der Waals surface area contributed by atoms with E-state index in [1.807, 2.05) is 0 Å². The molecular weight excluding hydrogens is 224 g/mol. The Labute approximate surface area is 108 Å². The molecule has 0 unspecified atom stereocenters. The number of aromatic nitrogens is 1. The first-order valence-electron chi connectivity index (χ1n) is 6.34. The zero-order valence-corrected chi connectivity index (χ0v) is 11.3. The molecule has 0 aliphatic heterocycles. The van der Waals surface area contributed by atoms with Crippen molar-refractivity contribution in [2.75, 3.05) is 14.1 Å². The molecule has 18 heavy (non-hydrogen) atoms. The van der Waals surface area contributed by atoms with Gasteiger partial charge in [-0.1, -0.05) is 12.1 Å². The van der Waals surface area contributed by atoms with E-state index in [1.165, 1.54) is 16.5 Å². The van der Waals surface area contributed by atoms with E-state index in [-0.39, 0.29) is 5.91 Å². The first-order chi connectivity index (χ1) is 8.59. The van der Waals surface area contributed by atoms with Crippen LogP contribution in [0.4, 0.5) is 0 Å². The number of aryl methyl sites for hydroxylation is 2. The van der Waals surface area contributed by atoms with E-state index in [1.54, 1.807) is 19.0 Å². The normalized spacial score (nSPS) is 10.8. The van der Waals surface area contributed by atoms with Crippen LogP contribution < -0.4 is 0 Å². The summed E-state index contributed by atoms with van der Waals surface area (Å²) in [5.74, 6) is 0.197. The zero-order valence-electron chi connectivity index (χ0n) is 11.3. The summed E-state index contributed by atoms with van der Waals surface area (Å²) in [5, 5.41) is 1.30. The summed E-state index contributed by atoms with van der Waals surface area (Å²) in [7, 11) is 3.60. The molecule has 0 saturated carbocycles. The minimum Gasteiger partial charge on any atom is -0.349 e. The third kappa shape index (κ3) is 2.55. The van der Waals surface area contributed by atoms with Gasteiger partial charge in [-0.2, -0.15) is 0 Å². The molecule has 2 aromatic rings. The van der Waals surface area contributed by atoms with Crippen molar-refractivity contribution < 1.29 is 4.79 Å². The summed E-state index contributed by atoms with van der Waals surface area (Å²) in [6.45, 7) is 3.02. The van der Waals surface area contributed by atoms with Crippen LogP contribution >= 0.6 is 0 Å². The highest BCUT2D eigenvalue weighted by Gasteiger charge is 2.05. The molecule has 1 amide bonds. The van der Waals surface area contributed by atoms with Crippen LogP contribution in [-0.2, 0) is 11.3 Å². The minimum absolute atomic E-state index is 0.197. The van der Waals surface area contributed by atoms with Crippen molar-refractivity contribution in [3.05, 3.63) is 36.0 Å². The molecule has 0 atom stereocenters. The molecular formula is C15H20N2O. The van der Waals surface area contributed by atoms with E-state index in [0.29, 0.717) is 6.42 Å². The van der Waals surface area contributed by atoms with Gasteiger partial charge < -0.3 is 9.47 Å². The lowest BCUT2D eigenvalue weighted by Gasteiger charge is -2.10. The lowest BCUT2D eigenvalue weighted by atomic mass is 10.1. The number of carbonyl (C=O) groups excluding carboxylic acids is 1. The summed E-state index contributed by atoms with van der Waals surface area (Å²) < 4.78 is 2.23. The third-order valence-corrected chi connectivity index (χ3v) is 3.32. The predicted octanol–water partition coefficient (Wildman–Crippen LogP) is 2.82. The zero-order chi connectivity index (χ0) is 13.1. The molecule has 1 aromatic carbocycles. The molecule has 0 fully saturated rings. The molecule has 0 aliphatic carbocycles. The topological polar surface area (TPSA) is 25.2 Å². The average Bonchev–Trinajstić information content (AvgIpc) is 2.74.